The normalized spacial score (nSPS) is 11.7. The summed E-state index contributed by atoms with van der Waals surface area (Å²) in [4.78, 5) is 12.4. The fourth-order valence-corrected chi connectivity index (χ4v) is 4.87. The molecule has 8 nitrogen and oxygen atoms in total. The second-order valence-corrected chi connectivity index (χ2v) is 10.9. The van der Waals surface area contributed by atoms with Crippen molar-refractivity contribution >= 4 is 27.7 Å². The summed E-state index contributed by atoms with van der Waals surface area (Å²) >= 11 is 1.29. The summed E-state index contributed by atoms with van der Waals surface area (Å²) in [5.41, 5.74) is 2.51. The molecule has 0 aliphatic heterocycles. The van der Waals surface area contributed by atoms with Gasteiger partial charge in [0.2, 0.25) is 15.9 Å². The Labute approximate surface area is 199 Å². The van der Waals surface area contributed by atoms with Gasteiger partial charge in [-0.1, -0.05) is 49.4 Å². The van der Waals surface area contributed by atoms with Gasteiger partial charge in [0, 0.05) is 31.9 Å². The van der Waals surface area contributed by atoms with E-state index in [1.807, 2.05) is 35.8 Å². The average Bonchev–Trinajstić information content (AvgIpc) is 3.22. The highest BCUT2D eigenvalue weighted by Gasteiger charge is 2.21. The molecule has 0 saturated heterocycles. The first-order chi connectivity index (χ1) is 15.7. The molecule has 0 saturated carbocycles. The maximum Gasteiger partial charge on any atom is 0.242 e. The van der Waals surface area contributed by atoms with Crippen molar-refractivity contribution < 1.29 is 13.2 Å². The van der Waals surface area contributed by atoms with Gasteiger partial charge in [0.1, 0.15) is 0 Å². The molecule has 0 atom stereocenters. The number of hydrogen-bond donors (Lipinski definition) is 1. The molecule has 10 heteroatoms. The molecular formula is C23H29N5O3S2. The highest BCUT2D eigenvalue weighted by molar-refractivity contribution is 7.99. The Morgan fingerprint density at radius 1 is 1.12 bits per heavy atom. The first-order valence-corrected chi connectivity index (χ1v) is 13.1. The summed E-state index contributed by atoms with van der Waals surface area (Å²) in [5, 5.41) is 12.2. The lowest BCUT2D eigenvalue weighted by atomic mass is 10.2. The Hall–Kier alpha value is -2.69. The van der Waals surface area contributed by atoms with Crippen LogP contribution in [0.25, 0.3) is 17.1 Å². The zero-order chi connectivity index (χ0) is 24.0. The van der Waals surface area contributed by atoms with Gasteiger partial charge in [-0.15, -0.1) is 10.2 Å². The smallest absolute Gasteiger partial charge is 0.242 e. The lowest BCUT2D eigenvalue weighted by Gasteiger charge is -2.14. The molecule has 0 spiro atoms. The molecule has 0 radical (unpaired) electrons. The molecular weight excluding hydrogens is 458 g/mol. The third-order valence-electron chi connectivity index (χ3n) is 4.95. The quantitative estimate of drug-likeness (QED) is 0.347. The molecule has 1 N–H and O–H groups in total. The van der Waals surface area contributed by atoms with Crippen LogP contribution in [-0.2, 0) is 14.8 Å². The van der Waals surface area contributed by atoms with Gasteiger partial charge in [0.15, 0.2) is 11.0 Å². The fraction of sp³-hybridized carbons (Fsp3) is 0.348. The molecule has 0 fully saturated rings. The Morgan fingerprint density at radius 2 is 1.88 bits per heavy atom. The standard InChI is InChI=1S/C23H29N5O3S2/c1-5-6-13-24-21(29)16-32-23-26-25-22(28(23)19-11-7-9-17(2)14-19)18-10-8-12-20(15-18)33(30,31)27(3)4/h7-12,14-15H,5-6,13,16H2,1-4H3,(H,24,29). The lowest BCUT2D eigenvalue weighted by Crippen LogP contribution is -2.26. The van der Waals surface area contributed by atoms with Gasteiger partial charge in [0.25, 0.3) is 0 Å². The topological polar surface area (TPSA) is 97.2 Å². The van der Waals surface area contributed by atoms with Crippen LogP contribution in [-0.4, -0.2) is 59.8 Å². The number of rotatable bonds is 10. The number of nitrogens with zero attached hydrogens (tertiary/aromatic N) is 4. The van der Waals surface area contributed by atoms with Gasteiger partial charge in [0.05, 0.1) is 10.6 Å². The van der Waals surface area contributed by atoms with E-state index in [2.05, 4.69) is 22.4 Å². The van der Waals surface area contributed by atoms with Crippen LogP contribution >= 0.6 is 11.8 Å². The van der Waals surface area contributed by atoms with Crippen molar-refractivity contribution in [2.45, 2.75) is 36.7 Å². The van der Waals surface area contributed by atoms with Crippen LogP contribution in [0, 0.1) is 6.92 Å². The summed E-state index contributed by atoms with van der Waals surface area (Å²) < 4.78 is 28.3. The highest BCUT2D eigenvalue weighted by atomic mass is 32.2. The summed E-state index contributed by atoms with van der Waals surface area (Å²) in [6, 6.07) is 14.5. The van der Waals surface area contributed by atoms with E-state index in [0.29, 0.717) is 23.1 Å². The molecule has 1 heterocycles. The number of carbonyl (C=O) groups excluding carboxylic acids is 1. The number of thioether (sulfide) groups is 1. The van der Waals surface area contributed by atoms with Crippen LogP contribution in [0.1, 0.15) is 25.3 Å². The van der Waals surface area contributed by atoms with E-state index < -0.39 is 10.0 Å². The SMILES string of the molecule is CCCCNC(=O)CSc1nnc(-c2cccc(S(=O)(=O)N(C)C)c2)n1-c1cccc(C)c1. The number of nitrogens with one attached hydrogen (secondary N) is 1. The fourth-order valence-electron chi connectivity index (χ4n) is 3.14. The Morgan fingerprint density at radius 3 is 2.58 bits per heavy atom. The first kappa shape index (κ1) is 24.9. The van der Waals surface area contributed by atoms with Crippen LogP contribution in [0.3, 0.4) is 0 Å². The van der Waals surface area contributed by atoms with Crippen molar-refractivity contribution in [2.75, 3.05) is 26.4 Å². The van der Waals surface area contributed by atoms with Crippen LogP contribution < -0.4 is 5.32 Å². The minimum atomic E-state index is -3.60. The van der Waals surface area contributed by atoms with Crippen molar-refractivity contribution in [3.63, 3.8) is 0 Å². The van der Waals surface area contributed by atoms with E-state index in [1.54, 1.807) is 24.3 Å². The second kappa shape index (κ2) is 11.0. The zero-order valence-corrected chi connectivity index (χ0v) is 20.9. The van der Waals surface area contributed by atoms with Gasteiger partial charge >= 0.3 is 0 Å². The molecule has 0 bridgehead atoms. The Bertz CT molecular complexity index is 1220. The lowest BCUT2D eigenvalue weighted by molar-refractivity contribution is -0.118. The Kier molecular flexibility index (Phi) is 8.28. The van der Waals surface area contributed by atoms with Gasteiger partial charge in [-0.2, -0.15) is 0 Å². The number of benzene rings is 2. The van der Waals surface area contributed by atoms with Gasteiger partial charge in [-0.3, -0.25) is 9.36 Å². The second-order valence-electron chi connectivity index (χ2n) is 7.79. The molecule has 33 heavy (non-hydrogen) atoms. The first-order valence-electron chi connectivity index (χ1n) is 10.7. The van der Waals surface area contributed by atoms with E-state index in [0.717, 1.165) is 24.1 Å². The third kappa shape index (κ3) is 6.01. The minimum Gasteiger partial charge on any atom is -0.355 e. The maximum absolute atomic E-state index is 12.6. The monoisotopic (exact) mass is 487 g/mol. The number of amides is 1. The average molecular weight is 488 g/mol. The summed E-state index contributed by atoms with van der Waals surface area (Å²) in [6.45, 7) is 4.72. The van der Waals surface area contributed by atoms with Gasteiger partial charge in [-0.05, 0) is 43.2 Å². The predicted molar refractivity (Wildman–Crippen MR) is 131 cm³/mol. The number of carbonyl (C=O) groups is 1. The molecule has 1 aromatic heterocycles. The number of aryl methyl sites for hydroxylation is 1. The molecule has 1 amide bonds. The van der Waals surface area contributed by atoms with E-state index in [9.17, 15) is 13.2 Å². The third-order valence-corrected chi connectivity index (χ3v) is 7.69. The van der Waals surface area contributed by atoms with Crippen LogP contribution in [0.15, 0.2) is 58.6 Å². The summed E-state index contributed by atoms with van der Waals surface area (Å²) in [5.74, 6) is 0.654. The molecule has 3 rings (SSSR count). The molecule has 176 valence electrons. The zero-order valence-electron chi connectivity index (χ0n) is 19.3. The van der Waals surface area contributed by atoms with E-state index in [1.165, 1.54) is 30.2 Å². The molecule has 0 unspecified atom stereocenters. The highest BCUT2D eigenvalue weighted by Crippen LogP contribution is 2.29. The van der Waals surface area contributed by atoms with Crippen LogP contribution in [0.5, 0.6) is 0 Å². The van der Waals surface area contributed by atoms with Crippen molar-refractivity contribution in [3.8, 4) is 17.1 Å². The number of hydrogen-bond acceptors (Lipinski definition) is 6. The van der Waals surface area contributed by atoms with Gasteiger partial charge < -0.3 is 5.32 Å². The number of sulfonamides is 1. The van der Waals surface area contributed by atoms with Crippen molar-refractivity contribution in [1.82, 2.24) is 24.4 Å². The van der Waals surface area contributed by atoms with E-state index in [-0.39, 0.29) is 16.6 Å². The van der Waals surface area contributed by atoms with Gasteiger partial charge in [-0.25, -0.2) is 12.7 Å². The van der Waals surface area contributed by atoms with Crippen molar-refractivity contribution in [1.29, 1.82) is 0 Å². The van der Waals surface area contributed by atoms with E-state index >= 15 is 0 Å². The van der Waals surface area contributed by atoms with Crippen molar-refractivity contribution in [2.24, 2.45) is 0 Å². The summed E-state index contributed by atoms with van der Waals surface area (Å²) in [6.07, 6.45) is 1.95. The Balaban J connectivity index is 2.00. The summed E-state index contributed by atoms with van der Waals surface area (Å²) in [7, 11) is -0.605. The number of unbranched alkanes of at least 4 members (excludes halogenated alkanes) is 1. The minimum absolute atomic E-state index is 0.0622. The molecule has 0 aliphatic rings. The predicted octanol–water partition coefficient (Wildman–Crippen LogP) is 3.50. The maximum atomic E-state index is 12.6. The van der Waals surface area contributed by atoms with Crippen LogP contribution in [0.4, 0.5) is 0 Å². The number of aromatic nitrogens is 3. The molecule has 0 aliphatic carbocycles. The van der Waals surface area contributed by atoms with E-state index in [4.69, 9.17) is 0 Å². The molecule has 2 aromatic carbocycles. The largest absolute Gasteiger partial charge is 0.355 e. The molecule has 3 aromatic rings. The van der Waals surface area contributed by atoms with Crippen molar-refractivity contribution in [3.05, 3.63) is 54.1 Å². The van der Waals surface area contributed by atoms with Crippen LogP contribution in [0.2, 0.25) is 0 Å².